The quantitative estimate of drug-likeness (QED) is 0.306. The van der Waals surface area contributed by atoms with E-state index in [2.05, 4.69) is 15.5 Å². The number of benzene rings is 3. The van der Waals surface area contributed by atoms with Crippen LogP contribution >= 0.6 is 23.2 Å². The lowest BCUT2D eigenvalue weighted by molar-refractivity contribution is -0.127. The molecule has 0 aromatic heterocycles. The van der Waals surface area contributed by atoms with Gasteiger partial charge >= 0.3 is 0 Å². The average Bonchev–Trinajstić information content (AvgIpc) is 3.75. The lowest BCUT2D eigenvalue weighted by Gasteiger charge is -2.40. The van der Waals surface area contributed by atoms with Crippen LogP contribution in [0.3, 0.4) is 0 Å². The molecule has 4 atom stereocenters. The first-order valence-electron chi connectivity index (χ1n) is 14.5. The molecule has 2 heterocycles. The summed E-state index contributed by atoms with van der Waals surface area (Å²) in [6.07, 6.45) is 2.71. The van der Waals surface area contributed by atoms with E-state index in [1.807, 2.05) is 6.92 Å². The Bertz CT molecular complexity index is 1580. The van der Waals surface area contributed by atoms with Crippen LogP contribution in [0.15, 0.2) is 66.7 Å². The van der Waals surface area contributed by atoms with Crippen LogP contribution in [0.4, 0.5) is 21.5 Å². The van der Waals surface area contributed by atoms with Crippen molar-refractivity contribution >= 4 is 58.0 Å². The van der Waals surface area contributed by atoms with Crippen LogP contribution in [0, 0.1) is 17.7 Å². The van der Waals surface area contributed by atoms with Crippen LogP contribution in [0.2, 0.25) is 10.0 Å². The molecule has 3 amide bonds. The van der Waals surface area contributed by atoms with Crippen LogP contribution < -0.4 is 15.5 Å². The van der Waals surface area contributed by atoms with Gasteiger partial charge < -0.3 is 15.5 Å². The van der Waals surface area contributed by atoms with Gasteiger partial charge in [-0.15, -0.1) is 0 Å². The predicted molar refractivity (Wildman–Crippen MR) is 167 cm³/mol. The van der Waals surface area contributed by atoms with Gasteiger partial charge in [0.25, 0.3) is 0 Å². The van der Waals surface area contributed by atoms with Gasteiger partial charge in [-0.2, -0.15) is 0 Å². The number of nitrogens with zero attached hydrogens (tertiary/aromatic N) is 2. The van der Waals surface area contributed by atoms with E-state index >= 15 is 4.39 Å². The third-order valence-electron chi connectivity index (χ3n) is 9.09. The minimum absolute atomic E-state index is 0.0547. The summed E-state index contributed by atoms with van der Waals surface area (Å²) in [7, 11) is 0. The lowest BCUT2D eigenvalue weighted by Crippen LogP contribution is -2.56. The van der Waals surface area contributed by atoms with E-state index < -0.39 is 23.2 Å². The first-order valence-corrected chi connectivity index (χ1v) is 15.3. The summed E-state index contributed by atoms with van der Waals surface area (Å²) in [5.74, 6) is -2.41. The van der Waals surface area contributed by atoms with Crippen molar-refractivity contribution in [2.24, 2.45) is 11.8 Å². The number of anilines is 3. The zero-order valence-corrected chi connectivity index (χ0v) is 25.5. The van der Waals surface area contributed by atoms with Gasteiger partial charge in [-0.25, -0.2) is 4.39 Å². The Labute approximate surface area is 260 Å². The monoisotopic (exact) mass is 622 g/mol. The van der Waals surface area contributed by atoms with E-state index in [1.165, 1.54) is 13.0 Å². The summed E-state index contributed by atoms with van der Waals surface area (Å²) in [5, 5.41) is 6.20. The van der Waals surface area contributed by atoms with Gasteiger partial charge in [0.15, 0.2) is 0 Å². The number of nitrogens with one attached hydrogen (secondary N) is 2. The molecule has 10 heteroatoms. The highest BCUT2D eigenvalue weighted by molar-refractivity contribution is 6.31. The van der Waals surface area contributed by atoms with Crippen LogP contribution in [-0.2, 0) is 14.4 Å². The fraction of sp³-hybridized carbons (Fsp3) is 0.364. The molecular formula is C33H33Cl2FN4O3. The molecule has 3 aromatic carbocycles. The zero-order valence-electron chi connectivity index (χ0n) is 23.9. The fourth-order valence-corrected chi connectivity index (χ4v) is 7.30. The Balaban J connectivity index is 1.44. The minimum atomic E-state index is -1.27. The molecule has 0 spiro atoms. The van der Waals surface area contributed by atoms with Crippen molar-refractivity contribution in [2.45, 2.75) is 50.6 Å². The number of hydrogen-bond donors (Lipinski definition) is 2. The van der Waals surface area contributed by atoms with Gasteiger partial charge in [0, 0.05) is 54.1 Å². The maximum Gasteiger partial charge on any atom is 0.245 e. The maximum absolute atomic E-state index is 15.9. The number of hydrogen-bond acceptors (Lipinski definition) is 4. The smallest absolute Gasteiger partial charge is 0.245 e. The highest BCUT2D eigenvalue weighted by atomic mass is 35.5. The molecular weight excluding hydrogens is 590 g/mol. The summed E-state index contributed by atoms with van der Waals surface area (Å²) in [6, 6.07) is 18.5. The fourth-order valence-electron chi connectivity index (χ4n) is 6.92. The Morgan fingerprint density at radius 3 is 2.37 bits per heavy atom. The number of halogens is 3. The number of piperidine rings is 1. The number of amides is 3. The summed E-state index contributed by atoms with van der Waals surface area (Å²) in [6.45, 7) is 4.35. The van der Waals surface area contributed by atoms with Crippen molar-refractivity contribution < 1.29 is 18.8 Å². The molecule has 224 valence electrons. The molecule has 0 bridgehead atoms. The number of carbonyl (C=O) groups is 3. The van der Waals surface area contributed by atoms with Gasteiger partial charge in [-0.05, 0) is 86.2 Å². The van der Waals surface area contributed by atoms with Crippen molar-refractivity contribution in [2.75, 3.05) is 28.6 Å². The van der Waals surface area contributed by atoms with Crippen molar-refractivity contribution in [1.82, 2.24) is 4.90 Å². The van der Waals surface area contributed by atoms with Gasteiger partial charge in [0.05, 0.1) is 10.9 Å². The first kappa shape index (κ1) is 29.6. The van der Waals surface area contributed by atoms with Crippen molar-refractivity contribution in [1.29, 1.82) is 0 Å². The van der Waals surface area contributed by atoms with Crippen LogP contribution in [0.25, 0.3) is 0 Å². The Kier molecular flexibility index (Phi) is 7.96. The van der Waals surface area contributed by atoms with Gasteiger partial charge in [-0.3, -0.25) is 19.3 Å². The Morgan fingerprint density at radius 2 is 1.70 bits per heavy atom. The first-order chi connectivity index (χ1) is 20.6. The highest BCUT2D eigenvalue weighted by Crippen LogP contribution is 2.55. The second-order valence-electron chi connectivity index (χ2n) is 11.9. The van der Waals surface area contributed by atoms with Gasteiger partial charge in [-0.1, -0.05) is 41.4 Å². The molecule has 43 heavy (non-hydrogen) atoms. The predicted octanol–water partition coefficient (Wildman–Crippen LogP) is 6.72. The van der Waals surface area contributed by atoms with E-state index in [-0.39, 0.29) is 34.3 Å². The highest BCUT2D eigenvalue weighted by Gasteiger charge is 2.65. The van der Waals surface area contributed by atoms with Crippen molar-refractivity contribution in [3.8, 4) is 0 Å². The third-order valence-corrected chi connectivity index (χ3v) is 9.61. The molecule has 3 aromatic rings. The number of carbonyl (C=O) groups excluding carboxylic acids is 3. The Morgan fingerprint density at radius 1 is 0.977 bits per heavy atom. The molecule has 7 nitrogen and oxygen atoms in total. The third kappa shape index (κ3) is 5.52. The summed E-state index contributed by atoms with van der Waals surface area (Å²) >= 11 is 12.5. The molecule has 1 saturated carbocycles. The molecule has 0 radical (unpaired) electrons. The molecule has 6 rings (SSSR count). The van der Waals surface area contributed by atoms with Gasteiger partial charge in [0.2, 0.25) is 17.7 Å². The number of fused-ring (bicyclic) bond motifs is 1. The normalized spacial score (nSPS) is 25.4. The second-order valence-corrected chi connectivity index (χ2v) is 12.8. The molecule has 2 aliphatic heterocycles. The Hall–Kier alpha value is -3.46. The lowest BCUT2D eigenvalue weighted by atomic mass is 9.72. The SMILES string of the molecule is CC(=O)Nc1ccc(N2CC[C@H]3[C@@H](C2=O)[C@H](c2cccc(Cl)c2F)[C@](C)(C(=O)Nc2cccc(Cl)c2)N3CC2CC2)cc1. The van der Waals surface area contributed by atoms with E-state index in [9.17, 15) is 14.4 Å². The van der Waals surface area contributed by atoms with E-state index in [1.54, 1.807) is 65.6 Å². The second kappa shape index (κ2) is 11.6. The van der Waals surface area contributed by atoms with Crippen molar-refractivity contribution in [3.05, 3.63) is 88.2 Å². The molecule has 3 fully saturated rings. The van der Waals surface area contributed by atoms with Gasteiger partial charge in [0.1, 0.15) is 11.4 Å². The van der Waals surface area contributed by atoms with E-state index in [0.29, 0.717) is 47.5 Å². The largest absolute Gasteiger partial charge is 0.326 e. The summed E-state index contributed by atoms with van der Waals surface area (Å²) in [5.41, 5.74) is 0.804. The zero-order chi connectivity index (χ0) is 30.5. The molecule has 3 aliphatic rings. The number of likely N-dealkylation sites (tertiary alicyclic amines) is 1. The van der Waals surface area contributed by atoms with Crippen LogP contribution in [-0.4, -0.2) is 47.3 Å². The molecule has 0 unspecified atom stereocenters. The summed E-state index contributed by atoms with van der Waals surface area (Å²) < 4.78 is 15.9. The number of rotatable bonds is 7. The molecule has 2 N–H and O–H groups in total. The van der Waals surface area contributed by atoms with Crippen LogP contribution in [0.1, 0.15) is 44.6 Å². The standard InChI is InChI=1S/C33H33Cl2FN4O3/c1-19(41)37-22-11-13-24(14-12-22)39-16-15-27-28(31(39)42)29(25-7-4-8-26(35)30(25)36)33(2,40(27)18-20-9-10-20)32(43)38-23-6-3-5-21(34)17-23/h3-8,11-14,17,20,27-29H,9-10,15-16,18H2,1-2H3,(H,37,41)(H,38,43)/t27-,28+,29-,33+/m0/s1. The topological polar surface area (TPSA) is 81.8 Å². The summed E-state index contributed by atoms with van der Waals surface area (Å²) in [4.78, 5) is 44.4. The van der Waals surface area contributed by atoms with Crippen molar-refractivity contribution in [3.63, 3.8) is 0 Å². The minimum Gasteiger partial charge on any atom is -0.326 e. The van der Waals surface area contributed by atoms with E-state index in [4.69, 9.17) is 23.2 Å². The van der Waals surface area contributed by atoms with Crippen LogP contribution in [0.5, 0.6) is 0 Å². The van der Waals surface area contributed by atoms with E-state index in [0.717, 1.165) is 12.8 Å². The maximum atomic E-state index is 15.9. The molecule has 1 aliphatic carbocycles. The molecule has 2 saturated heterocycles. The average molecular weight is 624 g/mol.